The molecule has 2 atom stereocenters. The van der Waals surface area contributed by atoms with E-state index < -0.39 is 35.2 Å². The summed E-state index contributed by atoms with van der Waals surface area (Å²) in [6, 6.07) is 0. The standard InChI is InChI=1S/C18H32O6/c1-7-13(15(19)22-10-4)18(9-3,17(21)24-12-6)14(8-2)16(20)23-11-5/h13-14H,7-12H2,1-6H3. The second kappa shape index (κ2) is 11.0. The van der Waals surface area contributed by atoms with Crippen LogP contribution in [-0.4, -0.2) is 37.7 Å². The maximum atomic E-state index is 12.9. The Hall–Kier alpha value is -1.59. The van der Waals surface area contributed by atoms with E-state index in [2.05, 4.69) is 0 Å². The first kappa shape index (κ1) is 22.4. The van der Waals surface area contributed by atoms with E-state index in [0.717, 1.165) is 0 Å². The van der Waals surface area contributed by atoms with Crippen LogP contribution in [0.25, 0.3) is 0 Å². The summed E-state index contributed by atoms with van der Waals surface area (Å²) in [6.45, 7) is 11.2. The van der Waals surface area contributed by atoms with Gasteiger partial charge >= 0.3 is 17.9 Å². The Morgan fingerprint density at radius 1 is 0.708 bits per heavy atom. The van der Waals surface area contributed by atoms with Gasteiger partial charge in [-0.15, -0.1) is 0 Å². The highest BCUT2D eigenvalue weighted by Crippen LogP contribution is 2.45. The van der Waals surface area contributed by atoms with Crippen LogP contribution in [0.1, 0.15) is 60.8 Å². The minimum absolute atomic E-state index is 0.180. The minimum atomic E-state index is -1.28. The Kier molecular flexibility index (Phi) is 10.3. The molecule has 0 spiro atoms. The first-order valence-electron chi connectivity index (χ1n) is 8.91. The predicted octanol–water partition coefficient (Wildman–Crippen LogP) is 3.12. The third-order valence-corrected chi connectivity index (χ3v) is 4.44. The van der Waals surface area contributed by atoms with Crippen molar-refractivity contribution in [1.82, 2.24) is 0 Å². The fourth-order valence-corrected chi connectivity index (χ4v) is 3.40. The summed E-state index contributed by atoms with van der Waals surface area (Å²) in [6.07, 6.45) is 1.04. The van der Waals surface area contributed by atoms with Gasteiger partial charge in [0.05, 0.1) is 37.1 Å². The molecule has 0 aromatic carbocycles. The third-order valence-electron chi connectivity index (χ3n) is 4.44. The van der Waals surface area contributed by atoms with Crippen molar-refractivity contribution < 1.29 is 28.6 Å². The molecular formula is C18H32O6. The molecule has 0 rings (SSSR count). The highest BCUT2D eigenvalue weighted by molar-refractivity contribution is 5.90. The normalized spacial score (nSPS) is 15.8. The number of hydrogen-bond acceptors (Lipinski definition) is 6. The summed E-state index contributed by atoms with van der Waals surface area (Å²) in [4.78, 5) is 37.9. The van der Waals surface area contributed by atoms with E-state index in [0.29, 0.717) is 19.3 Å². The Balaban J connectivity index is 6.16. The van der Waals surface area contributed by atoms with E-state index in [1.165, 1.54) is 0 Å². The molecule has 0 aliphatic rings. The van der Waals surface area contributed by atoms with E-state index in [-0.39, 0.29) is 19.8 Å². The molecule has 0 aliphatic carbocycles. The van der Waals surface area contributed by atoms with E-state index in [1.807, 2.05) is 13.8 Å². The van der Waals surface area contributed by atoms with Crippen molar-refractivity contribution in [2.24, 2.45) is 17.3 Å². The largest absolute Gasteiger partial charge is 0.466 e. The lowest BCUT2D eigenvalue weighted by molar-refractivity contribution is -0.182. The van der Waals surface area contributed by atoms with Crippen molar-refractivity contribution in [3.63, 3.8) is 0 Å². The van der Waals surface area contributed by atoms with E-state index in [1.54, 1.807) is 27.7 Å². The van der Waals surface area contributed by atoms with Crippen molar-refractivity contribution >= 4 is 17.9 Å². The van der Waals surface area contributed by atoms with Crippen LogP contribution in [0.4, 0.5) is 0 Å². The summed E-state index contributed by atoms with van der Waals surface area (Å²) in [5, 5.41) is 0. The molecule has 140 valence electrons. The Morgan fingerprint density at radius 3 is 1.33 bits per heavy atom. The van der Waals surface area contributed by atoms with Crippen molar-refractivity contribution in [3.05, 3.63) is 0 Å². The van der Waals surface area contributed by atoms with Crippen LogP contribution in [0.3, 0.4) is 0 Å². The molecule has 0 radical (unpaired) electrons. The third kappa shape index (κ3) is 4.71. The number of esters is 3. The molecular weight excluding hydrogens is 312 g/mol. The van der Waals surface area contributed by atoms with Gasteiger partial charge in [-0.3, -0.25) is 14.4 Å². The number of rotatable bonds is 11. The Labute approximate surface area is 145 Å². The number of ether oxygens (including phenoxy) is 3. The zero-order valence-corrected chi connectivity index (χ0v) is 15.8. The van der Waals surface area contributed by atoms with Crippen LogP contribution >= 0.6 is 0 Å². The lowest BCUT2D eigenvalue weighted by Gasteiger charge is -2.40. The van der Waals surface area contributed by atoms with Gasteiger partial charge in [0.15, 0.2) is 0 Å². The molecule has 0 saturated carbocycles. The zero-order valence-electron chi connectivity index (χ0n) is 15.8. The molecule has 24 heavy (non-hydrogen) atoms. The number of carbonyl (C=O) groups is 3. The minimum Gasteiger partial charge on any atom is -0.466 e. The van der Waals surface area contributed by atoms with Gasteiger partial charge in [-0.05, 0) is 40.0 Å². The van der Waals surface area contributed by atoms with Crippen molar-refractivity contribution in [1.29, 1.82) is 0 Å². The van der Waals surface area contributed by atoms with E-state index in [9.17, 15) is 14.4 Å². The van der Waals surface area contributed by atoms with Crippen molar-refractivity contribution in [2.45, 2.75) is 60.8 Å². The molecule has 0 aromatic rings. The van der Waals surface area contributed by atoms with Gasteiger partial charge in [0, 0.05) is 0 Å². The maximum Gasteiger partial charge on any atom is 0.313 e. The molecule has 0 amide bonds. The van der Waals surface area contributed by atoms with Gasteiger partial charge < -0.3 is 14.2 Å². The SMILES string of the molecule is CCOC(=O)C(CC)C(CC)(C(=O)OCC)C(CC)C(=O)OCC. The Bertz CT molecular complexity index is 392. The van der Waals surface area contributed by atoms with Crippen LogP contribution in [0, 0.1) is 17.3 Å². The van der Waals surface area contributed by atoms with Gasteiger partial charge in [-0.25, -0.2) is 0 Å². The monoisotopic (exact) mass is 344 g/mol. The van der Waals surface area contributed by atoms with Crippen molar-refractivity contribution in [3.8, 4) is 0 Å². The highest BCUT2D eigenvalue weighted by atomic mass is 16.5. The summed E-state index contributed by atoms with van der Waals surface area (Å²) in [7, 11) is 0. The van der Waals surface area contributed by atoms with Gasteiger partial charge in [0.2, 0.25) is 0 Å². The summed E-state index contributed by atoms with van der Waals surface area (Å²) < 4.78 is 15.6. The fraction of sp³-hybridized carbons (Fsp3) is 0.833. The van der Waals surface area contributed by atoms with Crippen LogP contribution in [-0.2, 0) is 28.6 Å². The van der Waals surface area contributed by atoms with E-state index in [4.69, 9.17) is 14.2 Å². The smallest absolute Gasteiger partial charge is 0.313 e. The average molecular weight is 344 g/mol. The van der Waals surface area contributed by atoms with Gasteiger partial charge in [-0.2, -0.15) is 0 Å². The molecule has 6 heteroatoms. The zero-order chi connectivity index (χ0) is 18.8. The maximum absolute atomic E-state index is 12.9. The van der Waals surface area contributed by atoms with Crippen molar-refractivity contribution in [2.75, 3.05) is 19.8 Å². The summed E-state index contributed by atoms with van der Waals surface area (Å²) >= 11 is 0. The second-order valence-corrected chi connectivity index (χ2v) is 5.54. The van der Waals surface area contributed by atoms with Gasteiger partial charge in [-0.1, -0.05) is 20.8 Å². The summed E-state index contributed by atoms with van der Waals surface area (Å²) in [5.74, 6) is -2.99. The molecule has 2 unspecified atom stereocenters. The number of hydrogen-bond donors (Lipinski definition) is 0. The first-order valence-corrected chi connectivity index (χ1v) is 8.91. The molecule has 0 heterocycles. The Morgan fingerprint density at radius 2 is 1.08 bits per heavy atom. The molecule has 6 nitrogen and oxygen atoms in total. The predicted molar refractivity (Wildman–Crippen MR) is 90.2 cm³/mol. The molecule has 0 bridgehead atoms. The van der Waals surface area contributed by atoms with Gasteiger partial charge in [0.25, 0.3) is 0 Å². The second-order valence-electron chi connectivity index (χ2n) is 5.54. The number of carbonyl (C=O) groups excluding carboxylic acids is 3. The highest BCUT2D eigenvalue weighted by Gasteiger charge is 2.56. The lowest BCUT2D eigenvalue weighted by atomic mass is 9.62. The van der Waals surface area contributed by atoms with E-state index >= 15 is 0 Å². The molecule has 0 aromatic heterocycles. The van der Waals surface area contributed by atoms with Crippen LogP contribution in [0.2, 0.25) is 0 Å². The fourth-order valence-electron chi connectivity index (χ4n) is 3.40. The van der Waals surface area contributed by atoms with Crippen LogP contribution in [0.5, 0.6) is 0 Å². The topological polar surface area (TPSA) is 78.9 Å². The molecule has 0 saturated heterocycles. The quantitative estimate of drug-likeness (QED) is 0.423. The van der Waals surface area contributed by atoms with Crippen LogP contribution in [0.15, 0.2) is 0 Å². The summed E-state index contributed by atoms with van der Waals surface area (Å²) in [5.41, 5.74) is -1.28. The van der Waals surface area contributed by atoms with Gasteiger partial charge in [0.1, 0.15) is 0 Å². The first-order chi connectivity index (χ1) is 11.4. The molecule has 0 N–H and O–H groups in total. The molecule has 0 fully saturated rings. The lowest BCUT2D eigenvalue weighted by Crippen LogP contribution is -2.51. The van der Waals surface area contributed by atoms with Crippen LogP contribution < -0.4 is 0 Å². The average Bonchev–Trinajstić information content (AvgIpc) is 2.55. The molecule has 0 aliphatic heterocycles.